The minimum Gasteiger partial charge on any atom is -0.459 e. The van der Waals surface area contributed by atoms with Gasteiger partial charge in [0.2, 0.25) is 0 Å². The van der Waals surface area contributed by atoms with Crippen LogP contribution in [0.5, 0.6) is 0 Å². The van der Waals surface area contributed by atoms with Gasteiger partial charge in [-0.05, 0) is 50.1 Å². The lowest BCUT2D eigenvalue weighted by Crippen LogP contribution is -2.42. The van der Waals surface area contributed by atoms with E-state index < -0.39 is 0 Å². The number of anilines is 1. The van der Waals surface area contributed by atoms with Crippen LogP contribution in [-0.4, -0.2) is 35.7 Å². The molecule has 25 heavy (non-hydrogen) atoms. The van der Waals surface area contributed by atoms with Crippen molar-refractivity contribution in [3.05, 3.63) is 53.5 Å². The number of Topliss-reactive ketones (excluding diaryl/α,β-unsaturated/α-hetero) is 1. The van der Waals surface area contributed by atoms with E-state index in [1.807, 2.05) is 0 Å². The first-order chi connectivity index (χ1) is 12.1. The molecule has 6 nitrogen and oxygen atoms in total. The van der Waals surface area contributed by atoms with Crippen molar-refractivity contribution in [2.24, 2.45) is 0 Å². The lowest BCUT2D eigenvalue weighted by Gasteiger charge is -2.32. The van der Waals surface area contributed by atoms with E-state index in [1.54, 1.807) is 35.2 Å². The highest BCUT2D eigenvalue weighted by atomic mass is 16.3. The van der Waals surface area contributed by atoms with Crippen LogP contribution in [0.2, 0.25) is 0 Å². The van der Waals surface area contributed by atoms with Crippen molar-refractivity contribution in [3.8, 4) is 6.07 Å². The molecule has 0 atom stereocenters. The summed E-state index contributed by atoms with van der Waals surface area (Å²) < 4.78 is 5.16. The third kappa shape index (κ3) is 3.72. The summed E-state index contributed by atoms with van der Waals surface area (Å²) in [5.74, 6) is 0.212. The monoisotopic (exact) mass is 337 g/mol. The highest BCUT2D eigenvalue weighted by Gasteiger charge is 2.25. The van der Waals surface area contributed by atoms with E-state index in [9.17, 15) is 9.59 Å². The number of amides is 1. The van der Waals surface area contributed by atoms with Crippen LogP contribution in [0.1, 0.15) is 46.2 Å². The molecular weight excluding hydrogens is 318 g/mol. The number of nitriles is 1. The summed E-state index contributed by atoms with van der Waals surface area (Å²) in [4.78, 5) is 25.9. The maximum absolute atomic E-state index is 12.3. The van der Waals surface area contributed by atoms with E-state index in [0.29, 0.717) is 35.7 Å². The Labute approximate surface area is 146 Å². The van der Waals surface area contributed by atoms with Crippen LogP contribution >= 0.6 is 0 Å². The van der Waals surface area contributed by atoms with E-state index in [2.05, 4.69) is 11.4 Å². The van der Waals surface area contributed by atoms with Crippen molar-refractivity contribution in [3.63, 3.8) is 0 Å². The number of ketones is 1. The topological polar surface area (TPSA) is 86.3 Å². The molecule has 0 bridgehead atoms. The fraction of sp³-hybridized carbons (Fsp3) is 0.316. The summed E-state index contributed by atoms with van der Waals surface area (Å²) in [6, 6.07) is 10.6. The predicted molar refractivity (Wildman–Crippen MR) is 92.4 cm³/mol. The highest BCUT2D eigenvalue weighted by Crippen LogP contribution is 2.23. The first-order valence-corrected chi connectivity index (χ1v) is 8.23. The number of hydrogen-bond acceptors (Lipinski definition) is 5. The molecule has 0 aliphatic carbocycles. The van der Waals surface area contributed by atoms with Gasteiger partial charge in [-0.25, -0.2) is 0 Å². The largest absolute Gasteiger partial charge is 0.459 e. The fourth-order valence-corrected chi connectivity index (χ4v) is 3.04. The van der Waals surface area contributed by atoms with Crippen molar-refractivity contribution in [2.45, 2.75) is 25.8 Å². The molecule has 1 aliphatic heterocycles. The second kappa shape index (κ2) is 7.22. The Hall–Kier alpha value is -3.07. The van der Waals surface area contributed by atoms with Crippen molar-refractivity contribution >= 4 is 17.4 Å². The third-order valence-electron chi connectivity index (χ3n) is 4.40. The molecule has 2 heterocycles. The maximum atomic E-state index is 12.3. The zero-order chi connectivity index (χ0) is 17.8. The Morgan fingerprint density at radius 3 is 2.64 bits per heavy atom. The molecule has 1 amide bonds. The standard InChI is InChI=1S/C19H19N3O3/c1-13(23)16-5-4-14(12-20)11-17(16)21-15-6-8-22(9-7-15)19(24)18-3-2-10-25-18/h2-5,10-11,15,21H,6-9H2,1H3. The van der Waals surface area contributed by atoms with E-state index in [4.69, 9.17) is 9.68 Å². The van der Waals surface area contributed by atoms with Crippen LogP contribution < -0.4 is 5.32 Å². The molecule has 0 unspecified atom stereocenters. The zero-order valence-electron chi connectivity index (χ0n) is 14.0. The molecule has 1 aliphatic rings. The molecule has 1 fully saturated rings. The number of nitrogens with one attached hydrogen (secondary N) is 1. The van der Waals surface area contributed by atoms with Crippen molar-refractivity contribution in [1.82, 2.24) is 4.90 Å². The summed E-state index contributed by atoms with van der Waals surface area (Å²) in [6.07, 6.45) is 3.02. The van der Waals surface area contributed by atoms with E-state index in [1.165, 1.54) is 13.2 Å². The first kappa shape index (κ1) is 16.8. The van der Waals surface area contributed by atoms with Gasteiger partial charge in [-0.3, -0.25) is 9.59 Å². The molecule has 1 aromatic heterocycles. The van der Waals surface area contributed by atoms with E-state index >= 15 is 0 Å². The summed E-state index contributed by atoms with van der Waals surface area (Å²) in [6.45, 7) is 2.74. The Morgan fingerprint density at radius 2 is 2.04 bits per heavy atom. The lowest BCUT2D eigenvalue weighted by atomic mass is 10.0. The van der Waals surface area contributed by atoms with Gasteiger partial charge >= 0.3 is 0 Å². The van der Waals surface area contributed by atoms with Gasteiger partial charge in [0.1, 0.15) is 0 Å². The van der Waals surface area contributed by atoms with Gasteiger partial charge in [0.05, 0.1) is 17.9 Å². The lowest BCUT2D eigenvalue weighted by molar-refractivity contribution is 0.0686. The average molecular weight is 337 g/mol. The second-order valence-corrected chi connectivity index (χ2v) is 6.12. The Bertz CT molecular complexity index is 813. The molecule has 1 aromatic carbocycles. The molecule has 1 saturated heterocycles. The molecule has 0 saturated carbocycles. The van der Waals surface area contributed by atoms with Crippen LogP contribution in [0.25, 0.3) is 0 Å². The van der Waals surface area contributed by atoms with Crippen molar-refractivity contribution < 1.29 is 14.0 Å². The number of benzene rings is 1. The molecule has 6 heteroatoms. The predicted octanol–water partition coefficient (Wildman–Crippen LogP) is 3.07. The van der Waals surface area contributed by atoms with Gasteiger partial charge in [0, 0.05) is 30.4 Å². The van der Waals surface area contributed by atoms with Gasteiger partial charge in [-0.1, -0.05) is 0 Å². The minimum atomic E-state index is -0.0978. The van der Waals surface area contributed by atoms with Crippen molar-refractivity contribution in [1.29, 1.82) is 5.26 Å². The van der Waals surface area contributed by atoms with Crippen LogP contribution in [0, 0.1) is 11.3 Å². The quantitative estimate of drug-likeness (QED) is 0.867. The van der Waals surface area contributed by atoms with Gasteiger partial charge in [0.25, 0.3) is 5.91 Å². The SMILES string of the molecule is CC(=O)c1ccc(C#N)cc1NC1CCN(C(=O)c2ccco2)CC1. The molecule has 3 rings (SSSR count). The van der Waals surface area contributed by atoms with Crippen LogP contribution in [0.15, 0.2) is 41.0 Å². The van der Waals surface area contributed by atoms with Gasteiger partial charge in [0.15, 0.2) is 11.5 Å². The van der Waals surface area contributed by atoms with Crippen LogP contribution in [0.4, 0.5) is 5.69 Å². The highest BCUT2D eigenvalue weighted by molar-refractivity contribution is 5.99. The molecule has 0 spiro atoms. The average Bonchev–Trinajstić information content (AvgIpc) is 3.16. The summed E-state index contributed by atoms with van der Waals surface area (Å²) >= 11 is 0. The smallest absolute Gasteiger partial charge is 0.289 e. The number of piperidine rings is 1. The van der Waals surface area contributed by atoms with E-state index in [0.717, 1.165) is 12.8 Å². The van der Waals surface area contributed by atoms with Crippen LogP contribution in [0.3, 0.4) is 0 Å². The molecule has 1 N–H and O–H groups in total. The van der Waals surface area contributed by atoms with Gasteiger partial charge in [-0.2, -0.15) is 5.26 Å². The van der Waals surface area contributed by atoms with Gasteiger partial charge < -0.3 is 14.6 Å². The number of rotatable bonds is 4. The maximum Gasteiger partial charge on any atom is 0.289 e. The minimum absolute atomic E-state index is 0.0441. The van der Waals surface area contributed by atoms with Crippen molar-refractivity contribution in [2.75, 3.05) is 18.4 Å². The number of likely N-dealkylation sites (tertiary alicyclic amines) is 1. The molecule has 2 aromatic rings. The number of furan rings is 1. The zero-order valence-corrected chi connectivity index (χ0v) is 14.0. The normalized spacial score (nSPS) is 14.8. The molecule has 0 radical (unpaired) electrons. The second-order valence-electron chi connectivity index (χ2n) is 6.12. The third-order valence-corrected chi connectivity index (χ3v) is 4.40. The fourth-order valence-electron chi connectivity index (χ4n) is 3.04. The summed E-state index contributed by atoms with van der Waals surface area (Å²) in [7, 11) is 0. The summed E-state index contributed by atoms with van der Waals surface area (Å²) in [5.41, 5.74) is 1.77. The number of nitrogens with zero attached hydrogens (tertiary/aromatic N) is 2. The number of hydrogen-bond donors (Lipinski definition) is 1. The Balaban J connectivity index is 1.65. The van der Waals surface area contributed by atoms with Crippen LogP contribution in [-0.2, 0) is 0 Å². The number of carbonyl (C=O) groups is 2. The molecular formula is C19H19N3O3. The number of carbonyl (C=O) groups excluding carboxylic acids is 2. The first-order valence-electron chi connectivity index (χ1n) is 8.23. The Kier molecular flexibility index (Phi) is 4.85. The Morgan fingerprint density at radius 1 is 1.28 bits per heavy atom. The molecule has 128 valence electrons. The van der Waals surface area contributed by atoms with E-state index in [-0.39, 0.29) is 17.7 Å². The van der Waals surface area contributed by atoms with Gasteiger partial charge in [-0.15, -0.1) is 0 Å². The summed E-state index contributed by atoms with van der Waals surface area (Å²) in [5, 5.41) is 12.4.